The van der Waals surface area contributed by atoms with Gasteiger partial charge in [-0.05, 0) is 54.3 Å². The smallest absolute Gasteiger partial charge is 0.262 e. The molecule has 0 bridgehead atoms. The summed E-state index contributed by atoms with van der Waals surface area (Å²) in [6.45, 7) is 0.329. The lowest BCUT2D eigenvalue weighted by Crippen LogP contribution is -2.36. The second kappa shape index (κ2) is 10.1. The van der Waals surface area contributed by atoms with Gasteiger partial charge in [-0.1, -0.05) is 43.5 Å². The fourth-order valence-corrected chi connectivity index (χ4v) is 3.42. The molecule has 0 atom stereocenters. The van der Waals surface area contributed by atoms with E-state index in [1.807, 2.05) is 36.4 Å². The first kappa shape index (κ1) is 20.2. The third kappa shape index (κ3) is 5.96. The van der Waals surface area contributed by atoms with Crippen LogP contribution in [0.25, 0.3) is 6.08 Å². The van der Waals surface area contributed by atoms with Gasteiger partial charge in [0.2, 0.25) is 0 Å². The van der Waals surface area contributed by atoms with Gasteiger partial charge >= 0.3 is 0 Å². The van der Waals surface area contributed by atoms with Crippen molar-refractivity contribution in [3.63, 3.8) is 0 Å². The second-order valence-electron chi connectivity index (χ2n) is 7.15. The molecule has 2 aromatic rings. The summed E-state index contributed by atoms with van der Waals surface area (Å²) in [7, 11) is 0. The van der Waals surface area contributed by atoms with Gasteiger partial charge in [0.25, 0.3) is 5.91 Å². The Balaban J connectivity index is 1.66. The highest BCUT2D eigenvalue weighted by Gasteiger charge is 2.18. The number of amides is 1. The SMILES string of the molecule is N#C/C(=C\c1cccc(OCc2cccc(C#N)c2)c1)C(=O)NC1CCCCC1. The van der Waals surface area contributed by atoms with Crippen LogP contribution in [-0.2, 0) is 11.4 Å². The Kier molecular flexibility index (Phi) is 7.03. The molecule has 5 nitrogen and oxygen atoms in total. The molecule has 29 heavy (non-hydrogen) atoms. The number of hydrogen-bond acceptors (Lipinski definition) is 4. The van der Waals surface area contributed by atoms with Crippen LogP contribution in [0.2, 0.25) is 0 Å². The van der Waals surface area contributed by atoms with Gasteiger partial charge in [0.15, 0.2) is 0 Å². The maximum atomic E-state index is 12.4. The van der Waals surface area contributed by atoms with Gasteiger partial charge in [0.05, 0.1) is 11.6 Å². The van der Waals surface area contributed by atoms with Gasteiger partial charge in [-0.15, -0.1) is 0 Å². The fourth-order valence-electron chi connectivity index (χ4n) is 3.42. The summed E-state index contributed by atoms with van der Waals surface area (Å²) < 4.78 is 5.81. The van der Waals surface area contributed by atoms with Crippen molar-refractivity contribution in [3.8, 4) is 17.9 Å². The van der Waals surface area contributed by atoms with Crippen LogP contribution in [0, 0.1) is 22.7 Å². The largest absolute Gasteiger partial charge is 0.489 e. The van der Waals surface area contributed by atoms with Crippen molar-refractivity contribution in [2.75, 3.05) is 0 Å². The minimum atomic E-state index is -0.320. The van der Waals surface area contributed by atoms with E-state index in [2.05, 4.69) is 11.4 Å². The number of nitrogens with one attached hydrogen (secondary N) is 1. The third-order valence-electron chi connectivity index (χ3n) is 4.94. The Hall–Kier alpha value is -3.57. The lowest BCUT2D eigenvalue weighted by molar-refractivity contribution is -0.117. The molecule has 5 heteroatoms. The van der Waals surface area contributed by atoms with Gasteiger partial charge in [0.1, 0.15) is 24.0 Å². The molecule has 0 saturated heterocycles. The first-order valence-electron chi connectivity index (χ1n) is 9.82. The summed E-state index contributed by atoms with van der Waals surface area (Å²) in [5.41, 5.74) is 2.30. The zero-order valence-corrected chi connectivity index (χ0v) is 16.2. The van der Waals surface area contributed by atoms with Crippen molar-refractivity contribution in [2.45, 2.75) is 44.8 Å². The summed E-state index contributed by atoms with van der Waals surface area (Å²) >= 11 is 0. The quantitative estimate of drug-likeness (QED) is 0.586. The molecule has 1 aliphatic carbocycles. The first-order valence-corrected chi connectivity index (χ1v) is 9.82. The Morgan fingerprint density at radius 1 is 1.10 bits per heavy atom. The van der Waals surface area contributed by atoms with E-state index in [1.54, 1.807) is 24.3 Å². The molecular weight excluding hydrogens is 362 g/mol. The van der Waals surface area contributed by atoms with Crippen LogP contribution in [0.15, 0.2) is 54.1 Å². The van der Waals surface area contributed by atoms with E-state index in [1.165, 1.54) is 6.42 Å². The van der Waals surface area contributed by atoms with Gasteiger partial charge in [-0.25, -0.2) is 0 Å². The average molecular weight is 385 g/mol. The van der Waals surface area contributed by atoms with Crippen LogP contribution in [0.1, 0.15) is 48.8 Å². The lowest BCUT2D eigenvalue weighted by Gasteiger charge is -2.22. The summed E-state index contributed by atoms with van der Waals surface area (Å²) in [6.07, 6.45) is 6.98. The monoisotopic (exact) mass is 385 g/mol. The van der Waals surface area contributed by atoms with E-state index in [0.29, 0.717) is 17.9 Å². The summed E-state index contributed by atoms with van der Waals surface area (Å²) in [6, 6.07) is 18.8. The number of nitriles is 2. The number of rotatable bonds is 6. The van der Waals surface area contributed by atoms with E-state index in [-0.39, 0.29) is 17.5 Å². The molecule has 1 amide bonds. The highest BCUT2D eigenvalue weighted by molar-refractivity contribution is 6.01. The van der Waals surface area contributed by atoms with E-state index >= 15 is 0 Å². The molecule has 1 N–H and O–H groups in total. The molecule has 1 saturated carbocycles. The molecule has 1 fully saturated rings. The highest BCUT2D eigenvalue weighted by atomic mass is 16.5. The van der Waals surface area contributed by atoms with Crippen LogP contribution in [-0.4, -0.2) is 11.9 Å². The van der Waals surface area contributed by atoms with Crippen molar-refractivity contribution in [3.05, 3.63) is 70.8 Å². The van der Waals surface area contributed by atoms with Gasteiger partial charge < -0.3 is 10.1 Å². The molecule has 1 aliphatic rings. The topological polar surface area (TPSA) is 85.9 Å². The Morgan fingerprint density at radius 3 is 2.66 bits per heavy atom. The van der Waals surface area contributed by atoms with Gasteiger partial charge in [0, 0.05) is 6.04 Å². The second-order valence-corrected chi connectivity index (χ2v) is 7.15. The van der Waals surface area contributed by atoms with E-state index in [4.69, 9.17) is 10.00 Å². The minimum absolute atomic E-state index is 0.0921. The molecular formula is C24H23N3O2. The molecule has 146 valence electrons. The Morgan fingerprint density at radius 2 is 1.90 bits per heavy atom. The Bertz CT molecular complexity index is 976. The highest BCUT2D eigenvalue weighted by Crippen LogP contribution is 2.20. The fraction of sp³-hybridized carbons (Fsp3) is 0.292. The van der Waals surface area contributed by atoms with E-state index < -0.39 is 0 Å². The Labute approximate surface area is 171 Å². The summed E-state index contributed by atoms with van der Waals surface area (Å²) in [5.74, 6) is 0.310. The maximum Gasteiger partial charge on any atom is 0.262 e. The molecule has 0 heterocycles. The van der Waals surface area contributed by atoms with Gasteiger partial charge in [-0.2, -0.15) is 10.5 Å². The van der Waals surface area contributed by atoms with Crippen molar-refractivity contribution in [1.82, 2.24) is 5.32 Å². The zero-order chi connectivity index (χ0) is 20.5. The number of benzene rings is 2. The lowest BCUT2D eigenvalue weighted by atomic mass is 9.95. The van der Waals surface area contributed by atoms with Crippen LogP contribution < -0.4 is 10.1 Å². The number of nitrogens with zero attached hydrogens (tertiary/aromatic N) is 2. The maximum absolute atomic E-state index is 12.4. The zero-order valence-electron chi connectivity index (χ0n) is 16.2. The summed E-state index contributed by atoms with van der Waals surface area (Å²) in [5, 5.41) is 21.4. The standard InChI is InChI=1S/C24H23N3O2/c25-15-19-7-4-8-20(12-19)17-29-23-11-5-6-18(14-23)13-21(16-26)24(28)27-22-9-2-1-3-10-22/h4-8,11-14,22H,1-3,9-10,17H2,(H,27,28)/b21-13+. The molecule has 0 aromatic heterocycles. The van der Waals surface area contributed by atoms with Crippen LogP contribution in [0.3, 0.4) is 0 Å². The van der Waals surface area contributed by atoms with Crippen molar-refractivity contribution >= 4 is 12.0 Å². The van der Waals surface area contributed by atoms with Crippen LogP contribution in [0.4, 0.5) is 0 Å². The van der Waals surface area contributed by atoms with Crippen molar-refractivity contribution in [1.29, 1.82) is 10.5 Å². The normalized spacial score (nSPS) is 14.5. The number of hydrogen-bond donors (Lipinski definition) is 1. The number of carbonyl (C=O) groups is 1. The number of carbonyl (C=O) groups excluding carboxylic acids is 1. The predicted molar refractivity (Wildman–Crippen MR) is 111 cm³/mol. The summed E-state index contributed by atoms with van der Waals surface area (Å²) in [4.78, 5) is 12.4. The first-order chi connectivity index (χ1) is 14.2. The minimum Gasteiger partial charge on any atom is -0.489 e. The predicted octanol–water partition coefficient (Wildman–Crippen LogP) is 4.49. The molecule has 3 rings (SSSR count). The van der Waals surface area contributed by atoms with Crippen LogP contribution >= 0.6 is 0 Å². The van der Waals surface area contributed by atoms with E-state index in [0.717, 1.165) is 36.8 Å². The van der Waals surface area contributed by atoms with Crippen molar-refractivity contribution < 1.29 is 9.53 Å². The molecule has 0 radical (unpaired) electrons. The molecule has 0 spiro atoms. The molecule has 0 unspecified atom stereocenters. The third-order valence-corrected chi connectivity index (χ3v) is 4.94. The average Bonchev–Trinajstić information content (AvgIpc) is 2.77. The van der Waals surface area contributed by atoms with E-state index in [9.17, 15) is 10.1 Å². The van der Waals surface area contributed by atoms with Crippen LogP contribution in [0.5, 0.6) is 5.75 Å². The van der Waals surface area contributed by atoms with Gasteiger partial charge in [-0.3, -0.25) is 4.79 Å². The molecule has 0 aliphatic heterocycles. The molecule has 2 aromatic carbocycles. The van der Waals surface area contributed by atoms with Crippen molar-refractivity contribution in [2.24, 2.45) is 0 Å². The number of ether oxygens (including phenoxy) is 1.